The van der Waals surface area contributed by atoms with Gasteiger partial charge < -0.3 is 15.4 Å². The Morgan fingerprint density at radius 3 is 2.75 bits per heavy atom. The maximum atomic E-state index is 11.8. The molecule has 0 saturated heterocycles. The van der Waals surface area contributed by atoms with Crippen LogP contribution in [0, 0.1) is 12.8 Å². The summed E-state index contributed by atoms with van der Waals surface area (Å²) < 4.78 is 5.42. The van der Waals surface area contributed by atoms with Gasteiger partial charge in [0.1, 0.15) is 5.75 Å². The predicted molar refractivity (Wildman–Crippen MR) is 83.8 cm³/mol. The molecule has 0 aliphatic heterocycles. The minimum Gasteiger partial charge on any atom is -0.494 e. The van der Waals surface area contributed by atoms with Crippen LogP contribution < -0.4 is 15.4 Å². The fourth-order valence-corrected chi connectivity index (χ4v) is 1.94. The summed E-state index contributed by atoms with van der Waals surface area (Å²) in [6.07, 6.45) is 2.60. The van der Waals surface area contributed by atoms with E-state index in [1.54, 1.807) is 0 Å². The zero-order valence-electron chi connectivity index (χ0n) is 12.1. The summed E-state index contributed by atoms with van der Waals surface area (Å²) in [6, 6.07) is 5.71. The van der Waals surface area contributed by atoms with Gasteiger partial charge in [-0.1, -0.05) is 0 Å². The van der Waals surface area contributed by atoms with Crippen LogP contribution in [0.5, 0.6) is 5.75 Å². The molecule has 1 saturated carbocycles. The summed E-state index contributed by atoms with van der Waals surface area (Å²) in [5, 5.41) is 6.10. The number of benzene rings is 1. The highest BCUT2D eigenvalue weighted by molar-refractivity contribution is 5.93. The lowest BCUT2D eigenvalue weighted by atomic mass is 10.2. The van der Waals surface area contributed by atoms with E-state index in [2.05, 4.69) is 10.6 Å². The number of rotatable bonds is 7. The molecule has 0 aromatic heterocycles. The number of carbonyl (C=O) groups is 1. The van der Waals surface area contributed by atoms with Gasteiger partial charge in [-0.05, 0) is 62.9 Å². The van der Waals surface area contributed by atoms with Crippen molar-refractivity contribution < 1.29 is 9.53 Å². The van der Waals surface area contributed by atoms with Crippen molar-refractivity contribution in [1.82, 2.24) is 5.32 Å². The maximum absolute atomic E-state index is 11.8. The average molecular weight is 299 g/mol. The van der Waals surface area contributed by atoms with E-state index in [1.807, 2.05) is 32.0 Å². The van der Waals surface area contributed by atoms with Gasteiger partial charge in [0.25, 0.3) is 0 Å². The van der Waals surface area contributed by atoms with Crippen LogP contribution in [-0.2, 0) is 4.79 Å². The predicted octanol–water partition coefficient (Wildman–Crippen LogP) is 2.75. The van der Waals surface area contributed by atoms with E-state index in [4.69, 9.17) is 4.74 Å². The van der Waals surface area contributed by atoms with Gasteiger partial charge in [0.05, 0.1) is 13.2 Å². The normalized spacial score (nSPS) is 13.5. The van der Waals surface area contributed by atoms with Crippen molar-refractivity contribution in [3.8, 4) is 5.75 Å². The Balaban J connectivity index is 0.00000200. The molecule has 20 heavy (non-hydrogen) atoms. The van der Waals surface area contributed by atoms with Gasteiger partial charge in [-0.2, -0.15) is 0 Å². The molecule has 0 spiro atoms. The van der Waals surface area contributed by atoms with Crippen molar-refractivity contribution in [2.24, 2.45) is 5.92 Å². The fraction of sp³-hybridized carbons (Fsp3) is 0.533. The molecule has 1 aliphatic rings. The lowest BCUT2D eigenvalue weighted by Crippen LogP contribution is -2.29. The Hall–Kier alpha value is -1.26. The van der Waals surface area contributed by atoms with Crippen molar-refractivity contribution in [3.05, 3.63) is 23.8 Å². The van der Waals surface area contributed by atoms with E-state index in [0.717, 1.165) is 29.5 Å². The monoisotopic (exact) mass is 298 g/mol. The molecular weight excluding hydrogens is 276 g/mol. The van der Waals surface area contributed by atoms with Crippen LogP contribution >= 0.6 is 12.4 Å². The highest BCUT2D eigenvalue weighted by Crippen LogP contribution is 2.27. The molecule has 2 N–H and O–H groups in total. The quantitative estimate of drug-likeness (QED) is 0.814. The molecule has 0 radical (unpaired) electrons. The summed E-state index contributed by atoms with van der Waals surface area (Å²) in [6.45, 7) is 5.90. The Morgan fingerprint density at radius 1 is 1.40 bits per heavy atom. The molecule has 1 amide bonds. The molecule has 1 aromatic rings. The summed E-state index contributed by atoms with van der Waals surface area (Å²) in [7, 11) is 0. The number of nitrogens with one attached hydrogen (secondary N) is 2. The number of carbonyl (C=O) groups excluding carboxylic acids is 1. The van der Waals surface area contributed by atoms with Crippen LogP contribution in [0.1, 0.15) is 25.3 Å². The van der Waals surface area contributed by atoms with Crippen molar-refractivity contribution in [3.63, 3.8) is 0 Å². The Bertz CT molecular complexity index is 447. The van der Waals surface area contributed by atoms with E-state index in [-0.39, 0.29) is 18.3 Å². The number of hydrogen-bond acceptors (Lipinski definition) is 3. The van der Waals surface area contributed by atoms with Crippen molar-refractivity contribution in [2.45, 2.75) is 26.7 Å². The summed E-state index contributed by atoms with van der Waals surface area (Å²) >= 11 is 0. The largest absolute Gasteiger partial charge is 0.494 e. The lowest BCUT2D eigenvalue weighted by molar-refractivity contribution is -0.115. The Kier molecular flexibility index (Phi) is 6.82. The van der Waals surface area contributed by atoms with Crippen LogP contribution in [0.3, 0.4) is 0 Å². The fourth-order valence-electron chi connectivity index (χ4n) is 1.94. The standard InChI is InChI=1S/C15H22N2O2.ClH/c1-3-19-13-6-7-14(11(2)8-13)17-15(18)10-16-9-12-4-5-12;/h6-8,12,16H,3-5,9-10H2,1-2H3,(H,17,18);1H. The Morgan fingerprint density at radius 2 is 2.15 bits per heavy atom. The summed E-state index contributed by atoms with van der Waals surface area (Å²) in [4.78, 5) is 11.8. The van der Waals surface area contributed by atoms with Gasteiger partial charge in [0.15, 0.2) is 0 Å². The van der Waals surface area contributed by atoms with Gasteiger partial charge in [-0.3, -0.25) is 4.79 Å². The molecule has 2 rings (SSSR count). The van der Waals surface area contributed by atoms with E-state index < -0.39 is 0 Å². The molecule has 1 aromatic carbocycles. The van der Waals surface area contributed by atoms with Gasteiger partial charge in [-0.25, -0.2) is 0 Å². The van der Waals surface area contributed by atoms with Crippen molar-refractivity contribution in [2.75, 3.05) is 25.0 Å². The van der Waals surface area contributed by atoms with Gasteiger partial charge in [0, 0.05) is 5.69 Å². The first-order valence-corrected chi connectivity index (χ1v) is 6.93. The zero-order valence-corrected chi connectivity index (χ0v) is 12.9. The van der Waals surface area contributed by atoms with E-state index in [9.17, 15) is 4.79 Å². The van der Waals surface area contributed by atoms with Gasteiger partial charge in [0.2, 0.25) is 5.91 Å². The molecule has 0 unspecified atom stereocenters. The molecule has 112 valence electrons. The minimum absolute atomic E-state index is 0. The molecule has 0 bridgehead atoms. The third kappa shape index (κ3) is 5.39. The lowest BCUT2D eigenvalue weighted by Gasteiger charge is -2.11. The molecule has 5 heteroatoms. The SMILES string of the molecule is CCOc1ccc(NC(=O)CNCC2CC2)c(C)c1.Cl. The van der Waals surface area contributed by atoms with E-state index >= 15 is 0 Å². The van der Waals surface area contributed by atoms with E-state index in [1.165, 1.54) is 12.8 Å². The van der Waals surface area contributed by atoms with Gasteiger partial charge in [-0.15, -0.1) is 12.4 Å². The number of halogens is 1. The maximum Gasteiger partial charge on any atom is 0.238 e. The van der Waals surface area contributed by atoms with Crippen molar-refractivity contribution in [1.29, 1.82) is 0 Å². The number of hydrogen-bond donors (Lipinski definition) is 2. The molecule has 1 aliphatic carbocycles. The molecule has 0 heterocycles. The molecule has 4 nitrogen and oxygen atoms in total. The average Bonchev–Trinajstić information content (AvgIpc) is 3.17. The number of anilines is 1. The number of ether oxygens (including phenoxy) is 1. The number of amides is 1. The summed E-state index contributed by atoms with van der Waals surface area (Å²) in [5.41, 5.74) is 1.86. The second-order valence-electron chi connectivity index (χ2n) is 5.03. The zero-order chi connectivity index (χ0) is 13.7. The van der Waals surface area contributed by atoms with Gasteiger partial charge >= 0.3 is 0 Å². The first-order chi connectivity index (χ1) is 9.19. The van der Waals surface area contributed by atoms with Crippen LogP contribution in [0.2, 0.25) is 0 Å². The van der Waals surface area contributed by atoms with Crippen LogP contribution in [0.15, 0.2) is 18.2 Å². The highest BCUT2D eigenvalue weighted by atomic mass is 35.5. The van der Waals surface area contributed by atoms with Crippen LogP contribution in [0.25, 0.3) is 0 Å². The molecule has 1 fully saturated rings. The topological polar surface area (TPSA) is 50.4 Å². The molecule has 0 atom stereocenters. The second kappa shape index (κ2) is 8.12. The second-order valence-corrected chi connectivity index (χ2v) is 5.03. The minimum atomic E-state index is 0. The van der Waals surface area contributed by atoms with Crippen LogP contribution in [-0.4, -0.2) is 25.6 Å². The highest BCUT2D eigenvalue weighted by Gasteiger charge is 2.20. The molecular formula is C15H23ClN2O2. The van der Waals surface area contributed by atoms with Crippen LogP contribution in [0.4, 0.5) is 5.69 Å². The first kappa shape index (κ1) is 16.8. The number of aryl methyl sites for hydroxylation is 1. The Labute approximate surface area is 126 Å². The smallest absolute Gasteiger partial charge is 0.238 e. The third-order valence-electron chi connectivity index (χ3n) is 3.20. The van der Waals surface area contributed by atoms with E-state index in [0.29, 0.717) is 13.2 Å². The summed E-state index contributed by atoms with van der Waals surface area (Å²) in [5.74, 6) is 1.64. The third-order valence-corrected chi connectivity index (χ3v) is 3.20. The first-order valence-electron chi connectivity index (χ1n) is 6.93. The van der Waals surface area contributed by atoms with Crippen molar-refractivity contribution >= 4 is 24.0 Å².